The Morgan fingerprint density at radius 2 is 1.72 bits per heavy atom. The van der Waals surface area contributed by atoms with Gasteiger partial charge >= 0.3 is 0 Å². The van der Waals surface area contributed by atoms with Gasteiger partial charge in [0, 0.05) is 20.2 Å². The molecule has 0 amide bonds. The number of hydrogen-bond acceptors (Lipinski definition) is 6. The minimum absolute atomic E-state index is 0.0184. The van der Waals surface area contributed by atoms with Gasteiger partial charge in [-0.1, -0.05) is 29.8 Å². The van der Waals surface area contributed by atoms with Crippen molar-refractivity contribution in [1.82, 2.24) is 13.9 Å². The Morgan fingerprint density at radius 1 is 1.06 bits per heavy atom. The Labute approximate surface area is 211 Å². The Hall–Kier alpha value is -2.60. The molecule has 11 heteroatoms. The number of hydrogen-bond donors (Lipinski definition) is 0. The molecule has 3 aromatic rings. The highest BCUT2D eigenvalue weighted by molar-refractivity contribution is 7.90. The molecule has 0 aliphatic heterocycles. The highest BCUT2D eigenvalue weighted by Crippen LogP contribution is 2.33. The number of methoxy groups -OCH3 is 1. The number of aromatic nitrogens is 2. The Balaban J connectivity index is 1.67. The van der Waals surface area contributed by atoms with Crippen LogP contribution in [0.25, 0.3) is 0 Å². The number of aryl methyl sites for hydroxylation is 1. The first kappa shape index (κ1) is 26.5. The van der Waals surface area contributed by atoms with Crippen molar-refractivity contribution >= 4 is 19.9 Å². The normalized spacial score (nSPS) is 14.4. The monoisotopic (exact) mass is 535 g/mol. The fraction of sp³-hybridized carbons (Fsp3) is 0.400. The van der Waals surface area contributed by atoms with E-state index < -0.39 is 25.7 Å². The fourth-order valence-electron chi connectivity index (χ4n) is 3.93. The molecule has 0 unspecified atom stereocenters. The molecule has 1 aliphatic rings. The number of sulfonamides is 1. The van der Waals surface area contributed by atoms with E-state index in [9.17, 15) is 21.2 Å². The molecule has 1 heterocycles. The minimum Gasteiger partial charge on any atom is -0.383 e. The van der Waals surface area contributed by atoms with Crippen LogP contribution in [0.15, 0.2) is 64.8 Å². The topological polar surface area (TPSA) is 98.6 Å². The van der Waals surface area contributed by atoms with Crippen LogP contribution in [-0.2, 0) is 43.4 Å². The molecule has 0 N–H and O–H groups in total. The number of halogens is 1. The summed E-state index contributed by atoms with van der Waals surface area (Å²) < 4.78 is 74.9. The molecule has 0 spiro atoms. The van der Waals surface area contributed by atoms with Crippen LogP contribution >= 0.6 is 0 Å². The molecule has 0 saturated heterocycles. The average Bonchev–Trinajstić information content (AvgIpc) is 3.56. The van der Waals surface area contributed by atoms with E-state index in [4.69, 9.17) is 4.74 Å². The molecular weight excluding hydrogens is 505 g/mol. The van der Waals surface area contributed by atoms with Crippen molar-refractivity contribution in [3.8, 4) is 0 Å². The molecule has 194 valence electrons. The van der Waals surface area contributed by atoms with Crippen molar-refractivity contribution < 1.29 is 26.0 Å². The van der Waals surface area contributed by atoms with E-state index in [0.717, 1.165) is 18.4 Å². The average molecular weight is 536 g/mol. The molecule has 0 radical (unpaired) electrons. The van der Waals surface area contributed by atoms with Crippen LogP contribution in [0.3, 0.4) is 0 Å². The minimum atomic E-state index is -3.90. The molecular formula is C25H30FN3O5S2. The van der Waals surface area contributed by atoms with Crippen molar-refractivity contribution in [2.24, 2.45) is 5.92 Å². The van der Waals surface area contributed by atoms with E-state index >= 15 is 0 Å². The number of rotatable bonds is 12. The lowest BCUT2D eigenvalue weighted by molar-refractivity contribution is 0.182. The molecule has 1 aromatic heterocycles. The van der Waals surface area contributed by atoms with Gasteiger partial charge in [-0.25, -0.2) is 26.2 Å². The summed E-state index contributed by atoms with van der Waals surface area (Å²) in [6.07, 6.45) is 3.33. The number of imidazole rings is 1. The van der Waals surface area contributed by atoms with Crippen LogP contribution in [0.4, 0.5) is 4.39 Å². The second-order valence-corrected chi connectivity index (χ2v) is 12.9. The van der Waals surface area contributed by atoms with Crippen LogP contribution in [0.1, 0.15) is 29.7 Å². The zero-order chi connectivity index (χ0) is 25.9. The summed E-state index contributed by atoms with van der Waals surface area (Å²) in [5, 5.41) is -0.169. The summed E-state index contributed by atoms with van der Waals surface area (Å²) in [6, 6.07) is 11.9. The smallest absolute Gasteiger partial charge is 0.243 e. The van der Waals surface area contributed by atoms with Gasteiger partial charge in [-0.2, -0.15) is 4.31 Å². The lowest BCUT2D eigenvalue weighted by atomic mass is 10.2. The van der Waals surface area contributed by atoms with Gasteiger partial charge in [-0.05, 0) is 55.5 Å². The third-order valence-electron chi connectivity index (χ3n) is 6.12. The van der Waals surface area contributed by atoms with Crippen molar-refractivity contribution in [1.29, 1.82) is 0 Å². The van der Waals surface area contributed by atoms with Crippen molar-refractivity contribution in [2.75, 3.05) is 20.3 Å². The van der Waals surface area contributed by atoms with Crippen LogP contribution < -0.4 is 0 Å². The molecule has 0 bridgehead atoms. The van der Waals surface area contributed by atoms with E-state index in [1.54, 1.807) is 24.3 Å². The summed E-state index contributed by atoms with van der Waals surface area (Å²) in [5.74, 6) is -0.530. The summed E-state index contributed by atoms with van der Waals surface area (Å²) in [6.45, 7) is 2.63. The van der Waals surface area contributed by atoms with Crippen molar-refractivity contribution in [3.63, 3.8) is 0 Å². The molecule has 8 nitrogen and oxygen atoms in total. The highest BCUT2D eigenvalue weighted by atomic mass is 32.2. The predicted octanol–water partition coefficient (Wildman–Crippen LogP) is 3.55. The predicted molar refractivity (Wildman–Crippen MR) is 133 cm³/mol. The Bertz CT molecular complexity index is 1400. The second-order valence-electron chi connectivity index (χ2n) is 9.12. The third-order valence-corrected chi connectivity index (χ3v) is 9.55. The van der Waals surface area contributed by atoms with Crippen LogP contribution in [0, 0.1) is 18.7 Å². The lowest BCUT2D eigenvalue weighted by Crippen LogP contribution is -2.33. The van der Waals surface area contributed by atoms with Crippen LogP contribution in [0.2, 0.25) is 0 Å². The number of nitrogens with zero attached hydrogens (tertiary/aromatic N) is 3. The van der Waals surface area contributed by atoms with Crippen molar-refractivity contribution in [3.05, 3.63) is 77.4 Å². The largest absolute Gasteiger partial charge is 0.383 e. The quantitative estimate of drug-likeness (QED) is 0.352. The standard InChI is InChI=1S/C25H30FN3O5S2/c1-19-3-11-24(12-4-19)36(32,33)28(16-20-5-6-20)17-23-15-27-25(29(23)13-14-34-2)35(30,31)18-21-7-9-22(26)10-8-21/h3-4,7-12,15,20H,5-6,13-14,16-18H2,1-2H3. The van der Waals surface area contributed by atoms with Gasteiger partial charge in [0.1, 0.15) is 5.82 Å². The fourth-order valence-corrected chi connectivity index (χ4v) is 6.93. The molecule has 2 aromatic carbocycles. The summed E-state index contributed by atoms with van der Waals surface area (Å²) in [5.41, 5.74) is 1.84. The van der Waals surface area contributed by atoms with E-state index in [2.05, 4.69) is 4.98 Å². The number of benzene rings is 2. The summed E-state index contributed by atoms with van der Waals surface area (Å²) in [4.78, 5) is 4.39. The van der Waals surface area contributed by atoms with Crippen LogP contribution in [0.5, 0.6) is 0 Å². The van der Waals surface area contributed by atoms with Gasteiger partial charge in [0.25, 0.3) is 0 Å². The SMILES string of the molecule is COCCn1c(CN(CC2CC2)S(=O)(=O)c2ccc(C)cc2)cnc1S(=O)(=O)Cc1ccc(F)cc1. The van der Waals surface area contributed by atoms with Gasteiger partial charge in [-0.15, -0.1) is 0 Å². The van der Waals surface area contributed by atoms with Gasteiger partial charge < -0.3 is 9.30 Å². The third kappa shape index (κ3) is 6.20. The first-order chi connectivity index (χ1) is 17.1. The van der Waals surface area contributed by atoms with E-state index in [1.807, 2.05) is 6.92 Å². The van der Waals surface area contributed by atoms with Gasteiger partial charge in [0.2, 0.25) is 25.0 Å². The van der Waals surface area contributed by atoms with Gasteiger partial charge in [-0.3, -0.25) is 0 Å². The molecule has 36 heavy (non-hydrogen) atoms. The van der Waals surface area contributed by atoms with Gasteiger partial charge in [0.15, 0.2) is 0 Å². The summed E-state index contributed by atoms with van der Waals surface area (Å²) >= 11 is 0. The molecule has 1 fully saturated rings. The molecule has 0 atom stereocenters. The maximum absolute atomic E-state index is 13.5. The number of ether oxygens (including phenoxy) is 1. The van der Waals surface area contributed by atoms with E-state index in [1.165, 1.54) is 46.4 Å². The van der Waals surface area contributed by atoms with Crippen molar-refractivity contribution in [2.45, 2.75) is 48.7 Å². The zero-order valence-electron chi connectivity index (χ0n) is 20.3. The first-order valence-electron chi connectivity index (χ1n) is 11.7. The number of sulfone groups is 1. The van der Waals surface area contributed by atoms with E-state index in [0.29, 0.717) is 17.8 Å². The Kier molecular flexibility index (Phi) is 7.93. The second kappa shape index (κ2) is 10.8. The molecule has 1 aliphatic carbocycles. The molecule has 1 saturated carbocycles. The van der Waals surface area contributed by atoms with Crippen LogP contribution in [-0.4, -0.2) is 51.0 Å². The lowest BCUT2D eigenvalue weighted by Gasteiger charge is -2.23. The van der Waals surface area contributed by atoms with E-state index in [-0.39, 0.29) is 41.4 Å². The molecule has 4 rings (SSSR count). The Morgan fingerprint density at radius 3 is 2.33 bits per heavy atom. The maximum atomic E-state index is 13.5. The zero-order valence-corrected chi connectivity index (χ0v) is 21.9. The first-order valence-corrected chi connectivity index (χ1v) is 14.8. The summed E-state index contributed by atoms with van der Waals surface area (Å²) in [7, 11) is -6.21. The van der Waals surface area contributed by atoms with Gasteiger partial charge in [0.05, 0.1) is 35.7 Å². The maximum Gasteiger partial charge on any atom is 0.243 e. The highest BCUT2D eigenvalue weighted by Gasteiger charge is 2.33.